The van der Waals surface area contributed by atoms with E-state index in [1.807, 2.05) is 23.1 Å². The number of benzene rings is 1. The summed E-state index contributed by atoms with van der Waals surface area (Å²) in [6, 6.07) is 8.07. The third-order valence-electron chi connectivity index (χ3n) is 3.50. The summed E-state index contributed by atoms with van der Waals surface area (Å²) in [5.74, 6) is 0.182. The quantitative estimate of drug-likeness (QED) is 0.814. The topological polar surface area (TPSA) is 23.6 Å². The van der Waals surface area contributed by atoms with Crippen LogP contribution in [-0.4, -0.2) is 48.9 Å². The van der Waals surface area contributed by atoms with Crippen LogP contribution in [0, 0.1) is 0 Å². The summed E-state index contributed by atoms with van der Waals surface area (Å²) in [4.78, 5) is 16.6. The van der Waals surface area contributed by atoms with Crippen molar-refractivity contribution in [3.63, 3.8) is 0 Å². The summed E-state index contributed by atoms with van der Waals surface area (Å²) in [6.07, 6.45) is 2.16. The maximum absolute atomic E-state index is 12.4. The van der Waals surface area contributed by atoms with E-state index in [-0.39, 0.29) is 5.91 Å². The molecule has 0 aromatic heterocycles. The van der Waals surface area contributed by atoms with Crippen LogP contribution in [0.5, 0.6) is 0 Å². The van der Waals surface area contributed by atoms with E-state index >= 15 is 0 Å². The Morgan fingerprint density at radius 3 is 2.61 bits per heavy atom. The van der Waals surface area contributed by atoms with E-state index in [1.165, 1.54) is 5.56 Å². The van der Waals surface area contributed by atoms with Crippen LogP contribution < -0.4 is 0 Å². The highest BCUT2D eigenvalue weighted by Gasteiger charge is 2.20. The van der Waals surface area contributed by atoms with Gasteiger partial charge >= 0.3 is 0 Å². The van der Waals surface area contributed by atoms with E-state index in [2.05, 4.69) is 24.9 Å². The van der Waals surface area contributed by atoms with Crippen molar-refractivity contribution in [1.29, 1.82) is 0 Å². The molecule has 0 saturated carbocycles. The lowest BCUT2D eigenvalue weighted by atomic mass is 10.1. The normalized spacial score (nSPS) is 16.9. The van der Waals surface area contributed by atoms with Gasteiger partial charge < -0.3 is 9.80 Å². The standard InChI is InChI=1S/C15H22N2O/c1-3-5-13-6-4-7-14(12-13)15(18)17-10-8-16(2)9-11-17/h4,6-7,12H,3,5,8-11H2,1-2H3. The van der Waals surface area contributed by atoms with Crippen molar-refractivity contribution in [3.8, 4) is 0 Å². The summed E-state index contributed by atoms with van der Waals surface area (Å²) in [5, 5.41) is 0. The lowest BCUT2D eigenvalue weighted by Gasteiger charge is -2.32. The molecule has 0 unspecified atom stereocenters. The molecule has 98 valence electrons. The first-order valence-electron chi connectivity index (χ1n) is 6.77. The maximum atomic E-state index is 12.4. The Balaban J connectivity index is 2.06. The van der Waals surface area contributed by atoms with Crippen molar-refractivity contribution in [2.45, 2.75) is 19.8 Å². The zero-order chi connectivity index (χ0) is 13.0. The molecule has 1 aliphatic heterocycles. The molecular weight excluding hydrogens is 224 g/mol. The molecule has 0 atom stereocenters. The van der Waals surface area contributed by atoms with Gasteiger partial charge in [0.05, 0.1) is 0 Å². The van der Waals surface area contributed by atoms with E-state index in [1.54, 1.807) is 0 Å². The lowest BCUT2D eigenvalue weighted by molar-refractivity contribution is 0.0664. The molecule has 0 N–H and O–H groups in total. The zero-order valence-electron chi connectivity index (χ0n) is 11.4. The van der Waals surface area contributed by atoms with Gasteiger partial charge in [0.25, 0.3) is 5.91 Å². The Morgan fingerprint density at radius 2 is 1.94 bits per heavy atom. The van der Waals surface area contributed by atoms with E-state index in [9.17, 15) is 4.79 Å². The molecule has 1 aromatic carbocycles. The molecule has 0 aliphatic carbocycles. The van der Waals surface area contributed by atoms with Crippen LogP contribution in [0.2, 0.25) is 0 Å². The highest BCUT2D eigenvalue weighted by Crippen LogP contribution is 2.11. The molecule has 2 rings (SSSR count). The van der Waals surface area contributed by atoms with Crippen molar-refractivity contribution in [2.24, 2.45) is 0 Å². The Hall–Kier alpha value is -1.35. The van der Waals surface area contributed by atoms with Gasteiger partial charge in [0, 0.05) is 31.7 Å². The van der Waals surface area contributed by atoms with E-state index < -0.39 is 0 Å². The average molecular weight is 246 g/mol. The second-order valence-electron chi connectivity index (χ2n) is 5.05. The number of piperazine rings is 1. The smallest absolute Gasteiger partial charge is 0.253 e. The Labute approximate surface area is 109 Å². The summed E-state index contributed by atoms with van der Waals surface area (Å²) >= 11 is 0. The number of hydrogen-bond donors (Lipinski definition) is 0. The first-order valence-corrected chi connectivity index (χ1v) is 6.77. The average Bonchev–Trinajstić information content (AvgIpc) is 2.39. The molecule has 1 aliphatic rings. The fraction of sp³-hybridized carbons (Fsp3) is 0.533. The first-order chi connectivity index (χ1) is 8.70. The van der Waals surface area contributed by atoms with Crippen LogP contribution in [0.25, 0.3) is 0 Å². The van der Waals surface area contributed by atoms with Crippen molar-refractivity contribution in [2.75, 3.05) is 33.2 Å². The van der Waals surface area contributed by atoms with Gasteiger partial charge in [-0.25, -0.2) is 0 Å². The second kappa shape index (κ2) is 6.01. The van der Waals surface area contributed by atoms with Crippen LogP contribution >= 0.6 is 0 Å². The molecule has 1 saturated heterocycles. The predicted molar refractivity (Wildman–Crippen MR) is 73.8 cm³/mol. The van der Waals surface area contributed by atoms with Crippen LogP contribution in [0.1, 0.15) is 29.3 Å². The minimum absolute atomic E-state index is 0.182. The highest BCUT2D eigenvalue weighted by molar-refractivity contribution is 5.94. The minimum Gasteiger partial charge on any atom is -0.336 e. The Kier molecular flexibility index (Phi) is 4.37. The highest BCUT2D eigenvalue weighted by atomic mass is 16.2. The Bertz CT molecular complexity index is 409. The molecular formula is C15H22N2O. The summed E-state index contributed by atoms with van der Waals surface area (Å²) in [6.45, 7) is 5.79. The summed E-state index contributed by atoms with van der Waals surface area (Å²) in [7, 11) is 2.10. The minimum atomic E-state index is 0.182. The Morgan fingerprint density at radius 1 is 1.22 bits per heavy atom. The molecule has 1 amide bonds. The monoisotopic (exact) mass is 246 g/mol. The predicted octanol–water partition coefficient (Wildman–Crippen LogP) is 2.03. The van der Waals surface area contributed by atoms with Gasteiger partial charge in [-0.2, -0.15) is 0 Å². The molecule has 1 heterocycles. The van der Waals surface area contributed by atoms with Crippen LogP contribution in [0.4, 0.5) is 0 Å². The number of likely N-dealkylation sites (N-methyl/N-ethyl adjacent to an activating group) is 1. The van der Waals surface area contributed by atoms with E-state index in [0.717, 1.165) is 44.6 Å². The molecule has 3 heteroatoms. The number of nitrogens with zero attached hydrogens (tertiary/aromatic N) is 2. The lowest BCUT2D eigenvalue weighted by Crippen LogP contribution is -2.47. The molecule has 1 fully saturated rings. The number of amides is 1. The molecule has 0 bridgehead atoms. The van der Waals surface area contributed by atoms with Crippen molar-refractivity contribution in [3.05, 3.63) is 35.4 Å². The van der Waals surface area contributed by atoms with Gasteiger partial charge in [0.15, 0.2) is 0 Å². The van der Waals surface area contributed by atoms with E-state index in [0.29, 0.717) is 0 Å². The third kappa shape index (κ3) is 3.10. The molecule has 0 spiro atoms. The van der Waals surface area contributed by atoms with Gasteiger partial charge in [0.1, 0.15) is 0 Å². The van der Waals surface area contributed by atoms with E-state index in [4.69, 9.17) is 0 Å². The number of aryl methyl sites for hydroxylation is 1. The maximum Gasteiger partial charge on any atom is 0.253 e. The van der Waals surface area contributed by atoms with Gasteiger partial charge in [-0.05, 0) is 31.2 Å². The first kappa shape index (κ1) is 13.1. The molecule has 3 nitrogen and oxygen atoms in total. The number of rotatable bonds is 3. The fourth-order valence-corrected chi connectivity index (χ4v) is 2.34. The van der Waals surface area contributed by atoms with Crippen LogP contribution in [0.3, 0.4) is 0 Å². The number of hydrogen-bond acceptors (Lipinski definition) is 2. The van der Waals surface area contributed by atoms with Crippen LogP contribution in [0.15, 0.2) is 24.3 Å². The molecule has 18 heavy (non-hydrogen) atoms. The summed E-state index contributed by atoms with van der Waals surface area (Å²) in [5.41, 5.74) is 2.10. The third-order valence-corrected chi connectivity index (χ3v) is 3.50. The molecule has 1 aromatic rings. The van der Waals surface area contributed by atoms with Crippen LogP contribution in [-0.2, 0) is 6.42 Å². The van der Waals surface area contributed by atoms with Gasteiger partial charge in [-0.1, -0.05) is 25.5 Å². The molecule has 0 radical (unpaired) electrons. The number of carbonyl (C=O) groups excluding carboxylic acids is 1. The largest absolute Gasteiger partial charge is 0.336 e. The van der Waals surface area contributed by atoms with Gasteiger partial charge in [-0.15, -0.1) is 0 Å². The number of carbonyl (C=O) groups is 1. The van der Waals surface area contributed by atoms with Crippen molar-refractivity contribution < 1.29 is 4.79 Å². The fourth-order valence-electron chi connectivity index (χ4n) is 2.34. The zero-order valence-corrected chi connectivity index (χ0v) is 11.4. The SMILES string of the molecule is CCCc1cccc(C(=O)N2CCN(C)CC2)c1. The van der Waals surface area contributed by atoms with Crippen molar-refractivity contribution in [1.82, 2.24) is 9.80 Å². The van der Waals surface area contributed by atoms with Gasteiger partial charge in [0.2, 0.25) is 0 Å². The summed E-state index contributed by atoms with van der Waals surface area (Å²) < 4.78 is 0. The second-order valence-corrected chi connectivity index (χ2v) is 5.05. The van der Waals surface area contributed by atoms with Gasteiger partial charge in [-0.3, -0.25) is 4.79 Å². The van der Waals surface area contributed by atoms with Crippen molar-refractivity contribution >= 4 is 5.91 Å².